The summed E-state index contributed by atoms with van der Waals surface area (Å²) in [6.07, 6.45) is 1.86. The number of nitrogens with zero attached hydrogens (tertiary/aromatic N) is 3. The van der Waals surface area contributed by atoms with Crippen molar-refractivity contribution in [3.8, 4) is 6.07 Å². The van der Waals surface area contributed by atoms with Crippen molar-refractivity contribution >= 4 is 5.91 Å². The largest absolute Gasteiger partial charge is 0.337 e. The number of amides is 1. The molecule has 1 saturated heterocycles. The Kier molecular flexibility index (Phi) is 5.65. The van der Waals surface area contributed by atoms with Gasteiger partial charge >= 0.3 is 0 Å². The number of likely N-dealkylation sites (N-methyl/N-ethyl adjacent to an activating group) is 1. The van der Waals surface area contributed by atoms with E-state index in [0.29, 0.717) is 29.8 Å². The lowest BCUT2D eigenvalue weighted by molar-refractivity contribution is 0.0607. The predicted molar refractivity (Wildman–Crippen MR) is 97.9 cm³/mol. The van der Waals surface area contributed by atoms with Crippen LogP contribution < -0.4 is 0 Å². The average Bonchev–Trinajstić information content (AvgIpc) is 2.69. The minimum atomic E-state index is -0.193. The van der Waals surface area contributed by atoms with E-state index in [0.717, 1.165) is 19.4 Å². The van der Waals surface area contributed by atoms with Crippen LogP contribution in [-0.2, 0) is 6.54 Å². The molecule has 0 spiro atoms. The summed E-state index contributed by atoms with van der Waals surface area (Å²) in [4.78, 5) is 16.8. The SMILES string of the molecule is CN(C(=O)c1ccccc1C#N)C1CCCN(Cc2ccccc2F)C1. The summed E-state index contributed by atoms with van der Waals surface area (Å²) in [6, 6.07) is 15.8. The highest BCUT2D eigenvalue weighted by molar-refractivity contribution is 5.96. The Balaban J connectivity index is 1.70. The third kappa shape index (κ3) is 3.92. The Bertz CT molecular complexity index is 830. The molecule has 1 amide bonds. The first kappa shape index (κ1) is 18.1. The van der Waals surface area contributed by atoms with Crippen molar-refractivity contribution in [2.45, 2.75) is 25.4 Å². The highest BCUT2D eigenvalue weighted by Gasteiger charge is 2.28. The normalized spacial score (nSPS) is 17.5. The Morgan fingerprint density at radius 2 is 2.00 bits per heavy atom. The molecule has 3 rings (SSSR count). The van der Waals surface area contributed by atoms with Gasteiger partial charge in [0.2, 0.25) is 0 Å². The fourth-order valence-corrected chi connectivity index (χ4v) is 3.48. The highest BCUT2D eigenvalue weighted by atomic mass is 19.1. The number of benzene rings is 2. The lowest BCUT2D eigenvalue weighted by atomic mass is 10.0. The van der Waals surface area contributed by atoms with Crippen LogP contribution in [0.4, 0.5) is 4.39 Å². The van der Waals surface area contributed by atoms with Gasteiger partial charge in [0.25, 0.3) is 5.91 Å². The molecular weight excluding hydrogens is 329 g/mol. The zero-order valence-corrected chi connectivity index (χ0v) is 14.9. The van der Waals surface area contributed by atoms with Crippen LogP contribution in [0.25, 0.3) is 0 Å². The summed E-state index contributed by atoms with van der Waals surface area (Å²) in [5.41, 5.74) is 1.50. The summed E-state index contributed by atoms with van der Waals surface area (Å²) in [5.74, 6) is -0.332. The van der Waals surface area contributed by atoms with Gasteiger partial charge in [-0.2, -0.15) is 5.26 Å². The molecule has 2 aromatic rings. The molecule has 0 saturated carbocycles. The summed E-state index contributed by atoms with van der Waals surface area (Å²) in [5, 5.41) is 9.23. The maximum Gasteiger partial charge on any atom is 0.255 e. The second-order valence-electron chi connectivity index (χ2n) is 6.70. The molecule has 1 atom stereocenters. The van der Waals surface area contributed by atoms with Crippen LogP contribution in [-0.4, -0.2) is 41.9 Å². The topological polar surface area (TPSA) is 47.3 Å². The van der Waals surface area contributed by atoms with Crippen molar-refractivity contribution in [1.29, 1.82) is 5.26 Å². The maximum absolute atomic E-state index is 13.9. The summed E-state index contributed by atoms with van der Waals surface area (Å²) >= 11 is 0. The van der Waals surface area contributed by atoms with E-state index in [1.807, 2.05) is 6.07 Å². The Morgan fingerprint density at radius 1 is 1.27 bits per heavy atom. The molecule has 134 valence electrons. The molecule has 0 aromatic heterocycles. The average molecular weight is 351 g/mol. The van der Waals surface area contributed by atoms with Gasteiger partial charge in [-0.1, -0.05) is 30.3 Å². The number of piperidine rings is 1. The fraction of sp³-hybridized carbons (Fsp3) is 0.333. The molecule has 1 aliphatic heterocycles. The van der Waals surface area contributed by atoms with Crippen molar-refractivity contribution in [3.63, 3.8) is 0 Å². The van der Waals surface area contributed by atoms with Crippen LogP contribution in [0.5, 0.6) is 0 Å². The van der Waals surface area contributed by atoms with Crippen molar-refractivity contribution in [2.24, 2.45) is 0 Å². The molecule has 0 N–H and O–H groups in total. The third-order valence-electron chi connectivity index (χ3n) is 4.98. The Morgan fingerprint density at radius 3 is 2.77 bits per heavy atom. The van der Waals surface area contributed by atoms with E-state index in [9.17, 15) is 14.4 Å². The molecule has 0 radical (unpaired) electrons. The van der Waals surface area contributed by atoms with E-state index in [2.05, 4.69) is 11.0 Å². The smallest absolute Gasteiger partial charge is 0.255 e. The van der Waals surface area contributed by atoms with Gasteiger partial charge in [0, 0.05) is 31.7 Å². The quantitative estimate of drug-likeness (QED) is 0.848. The molecule has 0 bridgehead atoms. The fourth-order valence-electron chi connectivity index (χ4n) is 3.48. The molecule has 1 aliphatic rings. The lowest BCUT2D eigenvalue weighted by Gasteiger charge is -2.37. The van der Waals surface area contributed by atoms with Gasteiger partial charge < -0.3 is 4.90 Å². The molecule has 1 heterocycles. The van der Waals surface area contributed by atoms with E-state index < -0.39 is 0 Å². The summed E-state index contributed by atoms with van der Waals surface area (Å²) in [6.45, 7) is 2.13. The van der Waals surface area contributed by atoms with E-state index in [1.165, 1.54) is 6.07 Å². The van der Waals surface area contributed by atoms with Crippen molar-refractivity contribution in [3.05, 3.63) is 71.0 Å². The van der Waals surface area contributed by atoms with Gasteiger partial charge in [-0.3, -0.25) is 9.69 Å². The third-order valence-corrected chi connectivity index (χ3v) is 4.98. The molecule has 0 aliphatic carbocycles. The first-order valence-corrected chi connectivity index (χ1v) is 8.82. The van der Waals surface area contributed by atoms with E-state index in [-0.39, 0.29) is 17.8 Å². The number of likely N-dealkylation sites (tertiary alicyclic amines) is 1. The highest BCUT2D eigenvalue weighted by Crippen LogP contribution is 2.20. The molecule has 26 heavy (non-hydrogen) atoms. The van der Waals surface area contributed by atoms with Crippen molar-refractivity contribution in [1.82, 2.24) is 9.80 Å². The summed E-state index contributed by atoms with van der Waals surface area (Å²) < 4.78 is 13.9. The molecule has 1 unspecified atom stereocenters. The van der Waals surface area contributed by atoms with Crippen LogP contribution in [0, 0.1) is 17.1 Å². The molecular formula is C21H22FN3O. The number of nitriles is 1. The van der Waals surface area contributed by atoms with Crippen molar-refractivity contribution < 1.29 is 9.18 Å². The molecule has 1 fully saturated rings. The van der Waals surface area contributed by atoms with Crippen LogP contribution in [0.1, 0.15) is 34.3 Å². The van der Waals surface area contributed by atoms with Crippen LogP contribution in [0.15, 0.2) is 48.5 Å². The van der Waals surface area contributed by atoms with E-state index in [1.54, 1.807) is 48.3 Å². The zero-order chi connectivity index (χ0) is 18.5. The molecule has 5 heteroatoms. The Labute approximate surface area is 153 Å². The standard InChI is InChI=1S/C21H22FN3O/c1-24(21(26)19-10-4-2-7-16(19)13-23)18-9-6-12-25(15-18)14-17-8-3-5-11-20(17)22/h2-5,7-8,10-11,18H,6,9,12,14-15H2,1H3. The molecule has 4 nitrogen and oxygen atoms in total. The van der Waals surface area contributed by atoms with Crippen LogP contribution in [0.3, 0.4) is 0 Å². The van der Waals surface area contributed by atoms with Crippen molar-refractivity contribution in [2.75, 3.05) is 20.1 Å². The minimum absolute atomic E-state index is 0.0507. The van der Waals surface area contributed by atoms with Gasteiger partial charge in [-0.05, 0) is 37.6 Å². The van der Waals surface area contributed by atoms with Crippen LogP contribution in [0.2, 0.25) is 0 Å². The van der Waals surface area contributed by atoms with E-state index >= 15 is 0 Å². The van der Waals surface area contributed by atoms with Gasteiger partial charge in [0.05, 0.1) is 17.2 Å². The first-order valence-electron chi connectivity index (χ1n) is 8.82. The first-order chi connectivity index (χ1) is 12.6. The van der Waals surface area contributed by atoms with Gasteiger partial charge in [-0.15, -0.1) is 0 Å². The number of rotatable bonds is 4. The lowest BCUT2D eigenvalue weighted by Crippen LogP contribution is -2.48. The predicted octanol–water partition coefficient (Wildman–Crippen LogP) is 3.43. The monoisotopic (exact) mass is 351 g/mol. The number of hydrogen-bond acceptors (Lipinski definition) is 3. The second-order valence-corrected chi connectivity index (χ2v) is 6.70. The zero-order valence-electron chi connectivity index (χ0n) is 14.9. The van der Waals surface area contributed by atoms with E-state index in [4.69, 9.17) is 0 Å². The number of hydrogen-bond donors (Lipinski definition) is 0. The summed E-state index contributed by atoms with van der Waals surface area (Å²) in [7, 11) is 1.79. The number of carbonyl (C=O) groups is 1. The van der Waals surface area contributed by atoms with Gasteiger partial charge in [0.15, 0.2) is 0 Å². The number of carbonyl (C=O) groups excluding carboxylic acids is 1. The van der Waals surface area contributed by atoms with Crippen LogP contribution >= 0.6 is 0 Å². The molecule has 2 aromatic carbocycles. The Hall–Kier alpha value is -2.71. The maximum atomic E-state index is 13.9. The second kappa shape index (κ2) is 8.11. The number of halogens is 1. The van der Waals surface area contributed by atoms with Gasteiger partial charge in [0.1, 0.15) is 5.82 Å². The minimum Gasteiger partial charge on any atom is -0.337 e. The van der Waals surface area contributed by atoms with Gasteiger partial charge in [-0.25, -0.2) is 4.39 Å².